The van der Waals surface area contributed by atoms with E-state index in [2.05, 4.69) is 0 Å². The molecule has 146 valence electrons. The van der Waals surface area contributed by atoms with Crippen molar-refractivity contribution in [2.45, 2.75) is 14.1 Å². The monoisotopic (exact) mass is 442 g/mol. The lowest BCUT2D eigenvalue weighted by Gasteiger charge is -2.42. The first-order valence-electron chi connectivity index (χ1n) is 4.72. The number of aliphatic hydroxyl groups is 4. The maximum Gasteiger partial charge on any atom is 0.368 e. The molecule has 0 bridgehead atoms. The van der Waals surface area contributed by atoms with E-state index in [9.17, 15) is 49.0 Å². The van der Waals surface area contributed by atoms with Gasteiger partial charge in [-0.05, 0) is 0 Å². The second kappa shape index (κ2) is 5.75. The molecule has 0 fully saturated rings. The lowest BCUT2D eigenvalue weighted by atomic mass is 10.2. The molecule has 8 N–H and O–H groups in total. The van der Waals surface area contributed by atoms with Crippen molar-refractivity contribution < 1.29 is 72.3 Å². The molecule has 24 heavy (non-hydrogen) atoms. The number of aliphatic hydroxyl groups excluding tert-OH is 1. The zero-order valence-electron chi connectivity index (χ0n) is 10.7. The molecule has 0 aromatic carbocycles. The molecule has 0 aliphatic carbocycles. The average Bonchev–Trinajstić information content (AvgIpc) is 2.29. The summed E-state index contributed by atoms with van der Waals surface area (Å²) in [6, 6.07) is 0. The minimum absolute atomic E-state index is 2.78. The smallest absolute Gasteiger partial charge is 0.368 e. The molecule has 0 aliphatic heterocycles. The maximum atomic E-state index is 11.2. The molecule has 0 aliphatic rings. The molecule has 0 amide bonds. The highest BCUT2D eigenvalue weighted by atomic mass is 32.3. The third-order valence-electron chi connectivity index (χ3n) is 2.67. The van der Waals surface area contributed by atoms with Crippen molar-refractivity contribution >= 4 is 40.5 Å². The molecule has 20 heteroatoms. The summed E-state index contributed by atoms with van der Waals surface area (Å²) >= 11 is 0. The van der Waals surface area contributed by atoms with E-state index in [4.69, 9.17) is 23.3 Å². The fourth-order valence-corrected chi connectivity index (χ4v) is 7.04. The Morgan fingerprint density at radius 1 is 0.583 bits per heavy atom. The second-order valence-electron chi connectivity index (χ2n) is 4.07. The summed E-state index contributed by atoms with van der Waals surface area (Å²) in [5.74, 6) is 0. The molecule has 0 rings (SSSR count). The van der Waals surface area contributed by atoms with Crippen LogP contribution in [0.15, 0.2) is 0 Å². The van der Waals surface area contributed by atoms with Crippen LogP contribution in [0.4, 0.5) is 0 Å². The molecular formula is C4H10O16S4. The Morgan fingerprint density at radius 3 is 1.00 bits per heavy atom. The van der Waals surface area contributed by atoms with Crippen molar-refractivity contribution in [3.05, 3.63) is 0 Å². The van der Waals surface area contributed by atoms with Gasteiger partial charge in [-0.2, -0.15) is 33.7 Å². The van der Waals surface area contributed by atoms with Crippen LogP contribution in [0.1, 0.15) is 0 Å². The van der Waals surface area contributed by atoms with E-state index in [1.807, 2.05) is 0 Å². The lowest BCUT2D eigenvalue weighted by Crippen LogP contribution is -2.79. The summed E-state index contributed by atoms with van der Waals surface area (Å²) < 4.78 is 117. The van der Waals surface area contributed by atoms with Gasteiger partial charge in [-0.1, -0.05) is 0 Å². The van der Waals surface area contributed by atoms with Gasteiger partial charge < -0.3 is 20.4 Å². The van der Waals surface area contributed by atoms with Crippen molar-refractivity contribution in [1.82, 2.24) is 0 Å². The molecule has 0 heterocycles. The molecule has 2 unspecified atom stereocenters. The van der Waals surface area contributed by atoms with Crippen LogP contribution < -0.4 is 0 Å². The molecule has 0 spiro atoms. The van der Waals surface area contributed by atoms with Gasteiger partial charge in [0, 0.05) is 0 Å². The quantitative estimate of drug-likeness (QED) is 0.170. The van der Waals surface area contributed by atoms with Crippen LogP contribution in [0.5, 0.6) is 0 Å². The van der Waals surface area contributed by atoms with Crippen LogP contribution in [0.3, 0.4) is 0 Å². The van der Waals surface area contributed by atoms with E-state index in [0.29, 0.717) is 0 Å². The first-order chi connectivity index (χ1) is 10.1. The zero-order valence-corrected chi connectivity index (χ0v) is 13.9. The van der Waals surface area contributed by atoms with Crippen molar-refractivity contribution in [2.75, 3.05) is 6.61 Å². The largest absolute Gasteiger partial charge is 0.392 e. The molecule has 0 saturated carbocycles. The standard InChI is InChI=1S/C4H10O16S4/c5-1-2(6,21(9,10)11)3(7,22(12,13)14)4(8,23(15,16)17)24(18,19)20/h5-8H,1H2,(H,9,10,11)(H,12,13,14)(H,15,16,17)(H,18,19,20). The number of rotatable bonds is 7. The maximum absolute atomic E-state index is 11.2. The highest BCUT2D eigenvalue weighted by Crippen LogP contribution is 2.45. The summed E-state index contributed by atoms with van der Waals surface area (Å²) in [6.45, 7) is -2.78. The molecule has 0 radical (unpaired) electrons. The van der Waals surface area contributed by atoms with Crippen molar-refractivity contribution in [3.63, 3.8) is 0 Å². The summed E-state index contributed by atoms with van der Waals surface area (Å²) in [7, 11) is -27.8. The Balaban J connectivity index is 7.88. The van der Waals surface area contributed by atoms with Gasteiger partial charge in [0.05, 0.1) is 6.61 Å². The molecule has 0 aromatic heterocycles. The van der Waals surface area contributed by atoms with Crippen LogP contribution in [-0.4, -0.2) is 93.0 Å². The minimum atomic E-state index is -7.06. The topological polar surface area (TPSA) is 298 Å². The van der Waals surface area contributed by atoms with Gasteiger partial charge in [-0.25, -0.2) is 0 Å². The van der Waals surface area contributed by atoms with E-state index in [1.54, 1.807) is 0 Å². The Bertz CT molecular complexity index is 888. The van der Waals surface area contributed by atoms with Gasteiger partial charge in [0.25, 0.3) is 4.93 Å². The van der Waals surface area contributed by atoms with Gasteiger partial charge in [0.15, 0.2) is 0 Å². The van der Waals surface area contributed by atoms with Gasteiger partial charge in [0.2, 0.25) is 0 Å². The van der Waals surface area contributed by atoms with E-state index in [0.717, 1.165) is 0 Å². The molecule has 2 atom stereocenters. The van der Waals surface area contributed by atoms with E-state index >= 15 is 0 Å². The van der Waals surface area contributed by atoms with Gasteiger partial charge in [-0.15, -0.1) is 0 Å². The van der Waals surface area contributed by atoms with Gasteiger partial charge in [0.1, 0.15) is 0 Å². The Hall–Kier alpha value is -0.520. The molecule has 0 aromatic rings. The van der Waals surface area contributed by atoms with Crippen LogP contribution in [-0.2, 0) is 40.5 Å². The van der Waals surface area contributed by atoms with E-state index < -0.39 is 61.2 Å². The van der Waals surface area contributed by atoms with Gasteiger partial charge in [-0.3, -0.25) is 18.2 Å². The van der Waals surface area contributed by atoms with Gasteiger partial charge >= 0.3 is 49.7 Å². The molecule has 16 nitrogen and oxygen atoms in total. The van der Waals surface area contributed by atoms with E-state index in [-0.39, 0.29) is 0 Å². The lowest BCUT2D eigenvalue weighted by molar-refractivity contribution is -0.128. The van der Waals surface area contributed by atoms with Crippen LogP contribution >= 0.6 is 0 Å². The number of hydrogen-bond donors (Lipinski definition) is 8. The van der Waals surface area contributed by atoms with Crippen molar-refractivity contribution in [2.24, 2.45) is 0 Å². The van der Waals surface area contributed by atoms with Crippen LogP contribution in [0.25, 0.3) is 0 Å². The fraction of sp³-hybridized carbons (Fsp3) is 1.00. The zero-order chi connectivity index (χ0) is 20.2. The Morgan fingerprint density at radius 2 is 0.875 bits per heavy atom. The first-order valence-corrected chi connectivity index (χ1v) is 10.5. The third-order valence-corrected chi connectivity index (χ3v) is 8.97. The fourth-order valence-electron chi connectivity index (χ4n) is 1.46. The third kappa shape index (κ3) is 2.82. The SMILES string of the molecule is O=S(=O)(O)C(O)(CO)C(O)(C(O)(S(=O)(=O)O)S(=O)(=O)O)S(=O)(=O)O. The Kier molecular flexibility index (Phi) is 5.62. The predicted molar refractivity (Wildman–Crippen MR) is 68.1 cm³/mol. The van der Waals surface area contributed by atoms with Crippen molar-refractivity contribution in [1.29, 1.82) is 0 Å². The van der Waals surface area contributed by atoms with E-state index in [1.165, 1.54) is 0 Å². The normalized spacial score (nSPS) is 20.2. The molecular weight excluding hydrogens is 432 g/mol. The second-order valence-corrected chi connectivity index (χ2v) is 10.6. The first kappa shape index (κ1) is 23.5. The van der Waals surface area contributed by atoms with Crippen LogP contribution in [0, 0.1) is 0 Å². The summed E-state index contributed by atoms with van der Waals surface area (Å²) in [4.78, 5) is -11.3. The summed E-state index contributed by atoms with van der Waals surface area (Å²) in [6.07, 6.45) is 0. The average molecular weight is 442 g/mol. The number of hydrogen-bond acceptors (Lipinski definition) is 12. The van der Waals surface area contributed by atoms with Crippen LogP contribution in [0.2, 0.25) is 0 Å². The predicted octanol–water partition coefficient (Wildman–Crippen LogP) is -5.45. The highest BCUT2D eigenvalue weighted by Gasteiger charge is 2.84. The Labute approximate surface area is 134 Å². The molecule has 0 saturated heterocycles. The summed E-state index contributed by atoms with van der Waals surface area (Å²) in [5, 5.41) is 37.3. The van der Waals surface area contributed by atoms with Crippen molar-refractivity contribution in [3.8, 4) is 0 Å². The summed E-state index contributed by atoms with van der Waals surface area (Å²) in [5.41, 5.74) is 0. The minimum Gasteiger partial charge on any atom is -0.392 e. The highest BCUT2D eigenvalue weighted by molar-refractivity contribution is 8.06.